The molecule has 1 heterocycles. The Morgan fingerprint density at radius 3 is 2.56 bits per heavy atom. The van der Waals surface area contributed by atoms with Crippen LogP contribution < -0.4 is 0 Å². The third-order valence-corrected chi connectivity index (χ3v) is 3.09. The Labute approximate surface area is 103 Å². The summed E-state index contributed by atoms with van der Waals surface area (Å²) in [4.78, 5) is 4.15. The molecule has 1 aromatic heterocycles. The molecule has 0 bridgehead atoms. The number of halogens is 3. The summed E-state index contributed by atoms with van der Waals surface area (Å²) in [5.74, 6) is -0.131. The van der Waals surface area contributed by atoms with Crippen molar-refractivity contribution in [2.24, 2.45) is 0 Å². The number of benzene rings is 1. The van der Waals surface area contributed by atoms with Crippen LogP contribution in [-0.2, 0) is 0 Å². The lowest BCUT2D eigenvalue weighted by Crippen LogP contribution is -1.94. The van der Waals surface area contributed by atoms with E-state index in [2.05, 4.69) is 4.98 Å². The van der Waals surface area contributed by atoms with Crippen LogP contribution in [0.15, 0.2) is 18.2 Å². The summed E-state index contributed by atoms with van der Waals surface area (Å²) in [7, 11) is 0. The summed E-state index contributed by atoms with van der Waals surface area (Å²) in [5, 5.41) is 1.21. The molecule has 0 fully saturated rings. The number of fused-ring (bicyclic) bond motifs is 1. The highest BCUT2D eigenvalue weighted by Crippen LogP contribution is 2.31. The third-order valence-electron chi connectivity index (χ3n) is 2.48. The van der Waals surface area contributed by atoms with E-state index in [4.69, 9.17) is 23.2 Å². The van der Waals surface area contributed by atoms with Gasteiger partial charge >= 0.3 is 0 Å². The Kier molecular flexibility index (Phi) is 3.04. The standard InChI is InChI=1S/C12H10Cl2FN/c1-6(2)7-5-8-10(15)4-3-9(13)11(8)16-12(7)14/h3-6H,1-2H3. The van der Waals surface area contributed by atoms with Gasteiger partial charge in [-0.3, -0.25) is 0 Å². The molecule has 1 nitrogen and oxygen atoms in total. The van der Waals surface area contributed by atoms with Crippen molar-refractivity contribution in [3.63, 3.8) is 0 Å². The minimum Gasteiger partial charge on any atom is -0.234 e. The van der Waals surface area contributed by atoms with Crippen molar-refractivity contribution in [3.05, 3.63) is 39.8 Å². The number of pyridine rings is 1. The average molecular weight is 258 g/mol. The van der Waals surface area contributed by atoms with E-state index in [0.717, 1.165) is 5.56 Å². The third kappa shape index (κ3) is 1.87. The molecular weight excluding hydrogens is 248 g/mol. The molecule has 16 heavy (non-hydrogen) atoms. The quantitative estimate of drug-likeness (QED) is 0.669. The summed E-state index contributed by atoms with van der Waals surface area (Å²) >= 11 is 12.0. The summed E-state index contributed by atoms with van der Waals surface area (Å²) < 4.78 is 13.6. The van der Waals surface area contributed by atoms with Crippen molar-refractivity contribution in [2.75, 3.05) is 0 Å². The topological polar surface area (TPSA) is 12.9 Å². The van der Waals surface area contributed by atoms with E-state index < -0.39 is 0 Å². The van der Waals surface area contributed by atoms with Crippen LogP contribution in [0, 0.1) is 5.82 Å². The second kappa shape index (κ2) is 4.19. The molecule has 0 aliphatic rings. The highest BCUT2D eigenvalue weighted by atomic mass is 35.5. The van der Waals surface area contributed by atoms with Gasteiger partial charge in [0, 0.05) is 5.39 Å². The van der Waals surface area contributed by atoms with Crippen LogP contribution in [-0.4, -0.2) is 4.98 Å². The molecule has 0 radical (unpaired) electrons. The molecule has 84 valence electrons. The van der Waals surface area contributed by atoms with E-state index in [1.165, 1.54) is 12.1 Å². The molecule has 0 unspecified atom stereocenters. The summed E-state index contributed by atoms with van der Waals surface area (Å²) in [6.45, 7) is 3.97. The second-order valence-corrected chi connectivity index (χ2v) is 4.71. The predicted molar refractivity (Wildman–Crippen MR) is 65.8 cm³/mol. The van der Waals surface area contributed by atoms with Gasteiger partial charge in [0.15, 0.2) is 0 Å². The van der Waals surface area contributed by atoms with Crippen LogP contribution in [0.1, 0.15) is 25.3 Å². The molecule has 0 saturated heterocycles. The minimum absolute atomic E-state index is 0.197. The molecule has 1 aromatic carbocycles. The summed E-state index contributed by atoms with van der Waals surface area (Å²) in [6.07, 6.45) is 0. The zero-order valence-electron chi connectivity index (χ0n) is 8.89. The normalized spacial score (nSPS) is 11.4. The van der Waals surface area contributed by atoms with Gasteiger partial charge in [-0.2, -0.15) is 0 Å². The first-order chi connectivity index (χ1) is 7.50. The Morgan fingerprint density at radius 1 is 1.25 bits per heavy atom. The number of hydrogen-bond donors (Lipinski definition) is 0. The van der Waals surface area contributed by atoms with Crippen molar-refractivity contribution >= 4 is 34.1 Å². The molecule has 4 heteroatoms. The van der Waals surface area contributed by atoms with Gasteiger partial charge in [-0.15, -0.1) is 0 Å². The van der Waals surface area contributed by atoms with Crippen LogP contribution in [0.2, 0.25) is 10.2 Å². The molecule has 0 saturated carbocycles. The monoisotopic (exact) mass is 257 g/mol. The van der Waals surface area contributed by atoms with Crippen molar-refractivity contribution in [3.8, 4) is 0 Å². The molecule has 0 amide bonds. The van der Waals surface area contributed by atoms with Gasteiger partial charge in [-0.1, -0.05) is 37.0 Å². The molecular formula is C12H10Cl2FN. The molecule has 2 rings (SSSR count). The molecule has 0 atom stereocenters. The predicted octanol–water partition coefficient (Wildman–Crippen LogP) is 4.80. The largest absolute Gasteiger partial charge is 0.234 e. The number of hydrogen-bond acceptors (Lipinski definition) is 1. The van der Waals surface area contributed by atoms with Crippen LogP contribution >= 0.6 is 23.2 Å². The van der Waals surface area contributed by atoms with Gasteiger partial charge in [0.2, 0.25) is 0 Å². The first-order valence-electron chi connectivity index (χ1n) is 4.95. The zero-order valence-corrected chi connectivity index (χ0v) is 10.4. The highest BCUT2D eigenvalue weighted by molar-refractivity contribution is 6.36. The van der Waals surface area contributed by atoms with E-state index in [-0.39, 0.29) is 11.7 Å². The van der Waals surface area contributed by atoms with Crippen molar-refractivity contribution < 1.29 is 4.39 Å². The van der Waals surface area contributed by atoms with Crippen molar-refractivity contribution in [1.82, 2.24) is 4.98 Å². The maximum atomic E-state index is 13.6. The van der Waals surface area contributed by atoms with E-state index in [0.29, 0.717) is 21.1 Å². The van der Waals surface area contributed by atoms with Gasteiger partial charge in [0.25, 0.3) is 0 Å². The van der Waals surface area contributed by atoms with Crippen molar-refractivity contribution in [2.45, 2.75) is 19.8 Å². The smallest absolute Gasteiger partial charge is 0.133 e. The summed E-state index contributed by atoms with van der Waals surface area (Å²) in [6, 6.07) is 4.54. The Balaban J connectivity index is 2.84. The Morgan fingerprint density at radius 2 is 1.94 bits per heavy atom. The molecule has 0 N–H and O–H groups in total. The number of rotatable bonds is 1. The zero-order chi connectivity index (χ0) is 11.9. The highest BCUT2D eigenvalue weighted by Gasteiger charge is 2.12. The fourth-order valence-corrected chi connectivity index (χ4v) is 2.15. The lowest BCUT2D eigenvalue weighted by molar-refractivity contribution is 0.639. The number of aromatic nitrogens is 1. The lowest BCUT2D eigenvalue weighted by atomic mass is 10.0. The Hall–Kier alpha value is -0.860. The number of nitrogens with zero attached hydrogens (tertiary/aromatic N) is 1. The van der Waals surface area contributed by atoms with Crippen LogP contribution in [0.5, 0.6) is 0 Å². The minimum atomic E-state index is -0.328. The van der Waals surface area contributed by atoms with Gasteiger partial charge < -0.3 is 0 Å². The molecule has 2 aromatic rings. The van der Waals surface area contributed by atoms with Gasteiger partial charge in [-0.05, 0) is 29.7 Å². The fourth-order valence-electron chi connectivity index (χ4n) is 1.59. The van der Waals surface area contributed by atoms with Gasteiger partial charge in [-0.25, -0.2) is 9.37 Å². The Bertz CT molecular complexity index is 552. The average Bonchev–Trinajstić information content (AvgIpc) is 2.23. The van der Waals surface area contributed by atoms with Crippen LogP contribution in [0.25, 0.3) is 10.9 Å². The molecule has 0 aliphatic heterocycles. The molecule has 0 spiro atoms. The second-order valence-electron chi connectivity index (χ2n) is 3.95. The maximum Gasteiger partial charge on any atom is 0.133 e. The fraction of sp³-hybridized carbons (Fsp3) is 0.250. The SMILES string of the molecule is CC(C)c1cc2c(F)ccc(Cl)c2nc1Cl. The molecule has 0 aliphatic carbocycles. The van der Waals surface area contributed by atoms with Crippen LogP contribution in [0.3, 0.4) is 0 Å². The lowest BCUT2D eigenvalue weighted by Gasteiger charge is -2.10. The first-order valence-corrected chi connectivity index (χ1v) is 5.70. The van der Waals surface area contributed by atoms with E-state index in [1.54, 1.807) is 6.07 Å². The van der Waals surface area contributed by atoms with Crippen LogP contribution in [0.4, 0.5) is 4.39 Å². The van der Waals surface area contributed by atoms with E-state index >= 15 is 0 Å². The first kappa shape index (κ1) is 11.6. The van der Waals surface area contributed by atoms with E-state index in [9.17, 15) is 4.39 Å². The van der Waals surface area contributed by atoms with E-state index in [1.807, 2.05) is 13.8 Å². The summed E-state index contributed by atoms with van der Waals surface area (Å²) in [5.41, 5.74) is 1.24. The van der Waals surface area contributed by atoms with Gasteiger partial charge in [0.1, 0.15) is 11.0 Å². The van der Waals surface area contributed by atoms with Crippen molar-refractivity contribution in [1.29, 1.82) is 0 Å². The maximum absolute atomic E-state index is 13.6. The van der Waals surface area contributed by atoms with Gasteiger partial charge in [0.05, 0.1) is 10.5 Å².